The van der Waals surface area contributed by atoms with Crippen molar-refractivity contribution in [1.82, 2.24) is 10.0 Å². The minimum atomic E-state index is -3.14. The Morgan fingerprint density at radius 3 is 2.29 bits per heavy atom. The van der Waals surface area contributed by atoms with Gasteiger partial charge >= 0.3 is 0 Å². The fourth-order valence-corrected chi connectivity index (χ4v) is 2.50. The van der Waals surface area contributed by atoms with E-state index in [2.05, 4.69) is 23.9 Å². The second-order valence-corrected chi connectivity index (χ2v) is 7.56. The predicted molar refractivity (Wildman–Crippen MR) is 85.7 cm³/mol. The highest BCUT2D eigenvalue weighted by Crippen LogP contribution is 2.15. The van der Waals surface area contributed by atoms with Gasteiger partial charge in [-0.25, -0.2) is 13.1 Å². The maximum atomic E-state index is 10.9. The Hall–Kier alpha value is -0.950. The normalized spacial score (nSPS) is 13.6. The maximum absolute atomic E-state index is 10.9. The van der Waals surface area contributed by atoms with Gasteiger partial charge in [0.1, 0.15) is 0 Å². The molecule has 0 aliphatic rings. The van der Waals surface area contributed by atoms with Crippen LogP contribution in [0.5, 0.6) is 0 Å². The van der Waals surface area contributed by atoms with Crippen molar-refractivity contribution in [2.75, 3.05) is 25.9 Å². The summed E-state index contributed by atoms with van der Waals surface area (Å²) < 4.78 is 24.1. The monoisotopic (exact) mass is 314 g/mol. The van der Waals surface area contributed by atoms with E-state index in [0.29, 0.717) is 25.6 Å². The molecule has 1 atom stereocenters. The number of aliphatic hydroxyl groups is 1. The van der Waals surface area contributed by atoms with Crippen molar-refractivity contribution >= 4 is 10.0 Å². The predicted octanol–water partition coefficient (Wildman–Crippen LogP) is 1.06. The van der Waals surface area contributed by atoms with Crippen molar-refractivity contribution in [3.8, 4) is 0 Å². The maximum Gasteiger partial charge on any atom is 0.208 e. The van der Waals surface area contributed by atoms with Gasteiger partial charge in [0.2, 0.25) is 10.0 Å². The van der Waals surface area contributed by atoms with E-state index < -0.39 is 16.1 Å². The van der Waals surface area contributed by atoms with Gasteiger partial charge in [-0.2, -0.15) is 0 Å². The van der Waals surface area contributed by atoms with E-state index in [-0.39, 0.29) is 0 Å². The Morgan fingerprint density at radius 1 is 1.14 bits per heavy atom. The minimum Gasteiger partial charge on any atom is -0.387 e. The minimum absolute atomic E-state index is 0.318. The molecule has 21 heavy (non-hydrogen) atoms. The molecule has 1 aromatic rings. The van der Waals surface area contributed by atoms with Crippen LogP contribution >= 0.6 is 0 Å². The summed E-state index contributed by atoms with van der Waals surface area (Å²) in [6.07, 6.45) is 1.57. The number of sulfonamides is 1. The van der Waals surface area contributed by atoms with Crippen LogP contribution in [-0.4, -0.2) is 39.4 Å². The number of nitrogens with one attached hydrogen (secondary N) is 2. The second-order valence-electron chi connectivity index (χ2n) is 5.73. The summed E-state index contributed by atoms with van der Waals surface area (Å²) in [6.45, 7) is 5.55. The highest BCUT2D eigenvalue weighted by atomic mass is 32.2. The molecule has 0 aromatic heterocycles. The summed E-state index contributed by atoms with van der Waals surface area (Å²) in [4.78, 5) is 0. The van der Waals surface area contributed by atoms with Crippen molar-refractivity contribution in [2.45, 2.75) is 26.4 Å². The average Bonchev–Trinajstić information content (AvgIpc) is 2.37. The van der Waals surface area contributed by atoms with Crippen LogP contribution in [0.25, 0.3) is 0 Å². The average molecular weight is 314 g/mol. The van der Waals surface area contributed by atoms with Gasteiger partial charge in [-0.3, -0.25) is 0 Å². The lowest BCUT2D eigenvalue weighted by Gasteiger charge is -2.13. The molecule has 0 aliphatic carbocycles. The zero-order valence-corrected chi connectivity index (χ0v) is 13.8. The van der Waals surface area contributed by atoms with Crippen LogP contribution < -0.4 is 10.0 Å². The number of hydrogen-bond acceptors (Lipinski definition) is 4. The number of hydrogen-bond donors (Lipinski definition) is 3. The third kappa shape index (κ3) is 8.16. The van der Waals surface area contributed by atoms with Crippen LogP contribution in [0.15, 0.2) is 24.3 Å². The molecule has 120 valence electrons. The molecule has 1 unspecified atom stereocenters. The molecule has 1 rings (SSSR count). The molecule has 1 aromatic carbocycles. The molecule has 0 aliphatic heterocycles. The number of benzene rings is 1. The third-order valence-corrected chi connectivity index (χ3v) is 3.74. The molecule has 0 fully saturated rings. The molecule has 0 heterocycles. The Kier molecular flexibility index (Phi) is 7.31. The van der Waals surface area contributed by atoms with Crippen molar-refractivity contribution in [3.05, 3.63) is 35.4 Å². The van der Waals surface area contributed by atoms with Crippen LogP contribution in [0, 0.1) is 5.92 Å². The van der Waals surface area contributed by atoms with E-state index in [1.54, 1.807) is 0 Å². The first kappa shape index (κ1) is 18.1. The van der Waals surface area contributed by atoms with Gasteiger partial charge < -0.3 is 10.4 Å². The fraction of sp³-hybridized carbons (Fsp3) is 0.600. The number of rotatable bonds is 9. The summed E-state index contributed by atoms with van der Waals surface area (Å²) in [5, 5.41) is 13.1. The van der Waals surface area contributed by atoms with Gasteiger partial charge in [0.25, 0.3) is 0 Å². The van der Waals surface area contributed by atoms with Crippen molar-refractivity contribution in [2.24, 2.45) is 5.92 Å². The summed E-state index contributed by atoms with van der Waals surface area (Å²) >= 11 is 0. The topological polar surface area (TPSA) is 78.4 Å². The van der Waals surface area contributed by atoms with Crippen LogP contribution in [0.2, 0.25) is 0 Å². The van der Waals surface area contributed by atoms with Crippen LogP contribution in [0.4, 0.5) is 0 Å². The van der Waals surface area contributed by atoms with Crippen LogP contribution in [0.1, 0.15) is 31.1 Å². The molecule has 0 amide bonds. The van der Waals surface area contributed by atoms with Crippen molar-refractivity contribution in [1.29, 1.82) is 0 Å². The molecule has 0 bridgehead atoms. The van der Waals surface area contributed by atoms with E-state index in [1.807, 2.05) is 24.3 Å². The summed E-state index contributed by atoms with van der Waals surface area (Å²) in [6, 6.07) is 7.98. The molecule has 3 N–H and O–H groups in total. The number of aliphatic hydroxyl groups excluding tert-OH is 1. The highest BCUT2D eigenvalue weighted by Gasteiger charge is 2.07. The second kappa shape index (κ2) is 8.48. The van der Waals surface area contributed by atoms with Crippen molar-refractivity contribution in [3.63, 3.8) is 0 Å². The Labute approximate surface area is 127 Å². The van der Waals surface area contributed by atoms with Gasteiger partial charge in [0, 0.05) is 19.6 Å². The molecule has 0 spiro atoms. The Balaban J connectivity index is 2.33. The fourth-order valence-electron chi connectivity index (χ4n) is 2.03. The third-order valence-electron chi connectivity index (χ3n) is 3.01. The standard InChI is InChI=1S/C15H26N2O3S/c1-12(2)10-13-4-6-14(7-5-13)15(18)11-16-8-9-17-21(3,19)20/h4-7,12,15-18H,8-11H2,1-3H3. The van der Waals surface area contributed by atoms with E-state index >= 15 is 0 Å². The summed E-state index contributed by atoms with van der Waals surface area (Å²) in [5.74, 6) is 0.616. The lowest BCUT2D eigenvalue weighted by atomic mass is 10.0. The van der Waals surface area contributed by atoms with E-state index in [0.717, 1.165) is 18.2 Å². The molecule has 0 saturated heterocycles. The lowest BCUT2D eigenvalue weighted by molar-refractivity contribution is 0.175. The highest BCUT2D eigenvalue weighted by molar-refractivity contribution is 7.88. The molecule has 6 heteroatoms. The smallest absolute Gasteiger partial charge is 0.208 e. The Bertz CT molecular complexity index is 512. The van der Waals surface area contributed by atoms with E-state index in [9.17, 15) is 13.5 Å². The first-order valence-corrected chi connectivity index (χ1v) is 9.09. The summed E-state index contributed by atoms with van der Waals surface area (Å²) in [7, 11) is -3.14. The first-order valence-electron chi connectivity index (χ1n) is 7.20. The Morgan fingerprint density at radius 2 is 1.76 bits per heavy atom. The van der Waals surface area contributed by atoms with Crippen molar-refractivity contribution < 1.29 is 13.5 Å². The van der Waals surface area contributed by atoms with Gasteiger partial charge in [-0.05, 0) is 23.5 Å². The van der Waals surface area contributed by atoms with Crippen LogP contribution in [0.3, 0.4) is 0 Å². The SMILES string of the molecule is CC(C)Cc1ccc(C(O)CNCCNS(C)(=O)=O)cc1. The zero-order chi connectivity index (χ0) is 15.9. The van der Waals surface area contributed by atoms with Gasteiger partial charge in [-0.1, -0.05) is 38.1 Å². The molecule has 0 radical (unpaired) electrons. The van der Waals surface area contributed by atoms with Crippen LogP contribution in [-0.2, 0) is 16.4 Å². The molecule has 0 saturated carbocycles. The molecule has 5 nitrogen and oxygen atoms in total. The molecular weight excluding hydrogens is 288 g/mol. The largest absolute Gasteiger partial charge is 0.387 e. The molecular formula is C15H26N2O3S. The van der Waals surface area contributed by atoms with E-state index in [4.69, 9.17) is 0 Å². The van der Waals surface area contributed by atoms with Gasteiger partial charge in [0.15, 0.2) is 0 Å². The van der Waals surface area contributed by atoms with Gasteiger partial charge in [-0.15, -0.1) is 0 Å². The zero-order valence-electron chi connectivity index (χ0n) is 13.0. The quantitative estimate of drug-likeness (QED) is 0.596. The van der Waals surface area contributed by atoms with E-state index in [1.165, 1.54) is 5.56 Å². The lowest BCUT2D eigenvalue weighted by Crippen LogP contribution is -2.32. The summed E-state index contributed by atoms with van der Waals surface area (Å²) in [5.41, 5.74) is 2.14. The van der Waals surface area contributed by atoms with Gasteiger partial charge in [0.05, 0.1) is 12.4 Å². The first-order chi connectivity index (χ1) is 9.78.